The Kier molecular flexibility index (Phi) is 4.95. The van der Waals surface area contributed by atoms with Gasteiger partial charge in [-0.1, -0.05) is 18.2 Å². The van der Waals surface area contributed by atoms with Crippen molar-refractivity contribution in [3.05, 3.63) is 82.0 Å². The molecule has 2 heterocycles. The van der Waals surface area contributed by atoms with E-state index in [4.69, 9.17) is 4.74 Å². The van der Waals surface area contributed by atoms with Crippen molar-refractivity contribution in [2.24, 2.45) is 0 Å². The van der Waals surface area contributed by atoms with Gasteiger partial charge in [0, 0.05) is 37.2 Å². The summed E-state index contributed by atoms with van der Waals surface area (Å²) in [6, 6.07) is 14.6. The van der Waals surface area contributed by atoms with Crippen LogP contribution in [0, 0.1) is 18.6 Å². The summed E-state index contributed by atoms with van der Waals surface area (Å²) in [6.07, 6.45) is 0. The molecular weight excluding hydrogens is 388 g/mol. The molecule has 0 unspecified atom stereocenters. The van der Waals surface area contributed by atoms with Gasteiger partial charge in [0.2, 0.25) is 5.88 Å². The third-order valence-electron chi connectivity index (χ3n) is 4.79. The van der Waals surface area contributed by atoms with Gasteiger partial charge in [-0.25, -0.2) is 13.8 Å². The highest BCUT2D eigenvalue weighted by Crippen LogP contribution is 2.35. The number of benzene rings is 2. The second-order valence-corrected chi connectivity index (χ2v) is 7.13. The van der Waals surface area contributed by atoms with Gasteiger partial charge in [-0.05, 0) is 31.2 Å². The van der Waals surface area contributed by atoms with Gasteiger partial charge >= 0.3 is 0 Å². The standard InChI is InChI=1S/C23H19F2N3O2/c1-13-20(9-8-17(24)22(13)25)30-23-16(10-14-6-4-5-7-18(14)27-23)19-11-15(29)12-21(26-19)28(2)3/h4-12H,1-3H3,(H,26,29). The van der Waals surface area contributed by atoms with Crippen LogP contribution in [0.1, 0.15) is 5.56 Å². The van der Waals surface area contributed by atoms with E-state index < -0.39 is 11.6 Å². The lowest BCUT2D eigenvalue weighted by molar-refractivity contribution is 0.444. The molecule has 0 bridgehead atoms. The van der Waals surface area contributed by atoms with E-state index in [1.807, 2.05) is 44.4 Å². The highest BCUT2D eigenvalue weighted by Gasteiger charge is 2.17. The number of pyridine rings is 2. The van der Waals surface area contributed by atoms with Crippen LogP contribution in [0.5, 0.6) is 11.6 Å². The number of aromatic nitrogens is 2. The molecule has 4 aromatic rings. The number of halogens is 2. The first kappa shape index (κ1) is 19.6. The number of ether oxygens (including phenoxy) is 1. The highest BCUT2D eigenvalue weighted by atomic mass is 19.2. The molecule has 0 saturated carbocycles. The Labute approximate surface area is 171 Å². The zero-order chi connectivity index (χ0) is 21.4. The van der Waals surface area contributed by atoms with Gasteiger partial charge in [-0.15, -0.1) is 0 Å². The van der Waals surface area contributed by atoms with Crippen LogP contribution in [0.3, 0.4) is 0 Å². The number of aromatic amines is 1. The van der Waals surface area contributed by atoms with E-state index in [2.05, 4.69) is 9.97 Å². The van der Waals surface area contributed by atoms with Crippen molar-refractivity contribution >= 4 is 16.7 Å². The minimum Gasteiger partial charge on any atom is -0.438 e. The molecule has 0 aliphatic heterocycles. The highest BCUT2D eigenvalue weighted by molar-refractivity contribution is 5.85. The molecule has 5 nitrogen and oxygen atoms in total. The molecule has 0 amide bonds. The summed E-state index contributed by atoms with van der Waals surface area (Å²) < 4.78 is 33.5. The van der Waals surface area contributed by atoms with Gasteiger partial charge in [0.15, 0.2) is 17.1 Å². The summed E-state index contributed by atoms with van der Waals surface area (Å²) in [6.45, 7) is 1.43. The first-order valence-corrected chi connectivity index (χ1v) is 9.28. The van der Waals surface area contributed by atoms with Crippen molar-refractivity contribution in [3.8, 4) is 22.9 Å². The fraction of sp³-hybridized carbons (Fsp3) is 0.130. The number of nitrogens with one attached hydrogen (secondary N) is 1. The van der Waals surface area contributed by atoms with Crippen LogP contribution >= 0.6 is 0 Å². The van der Waals surface area contributed by atoms with Crippen LogP contribution in [0.25, 0.3) is 22.2 Å². The molecular formula is C23H19F2N3O2. The third kappa shape index (κ3) is 3.61. The van der Waals surface area contributed by atoms with Crippen molar-refractivity contribution in [3.63, 3.8) is 0 Å². The van der Waals surface area contributed by atoms with Gasteiger partial charge in [0.25, 0.3) is 0 Å². The number of rotatable bonds is 4. The van der Waals surface area contributed by atoms with Crippen LogP contribution in [-0.4, -0.2) is 24.1 Å². The van der Waals surface area contributed by atoms with Crippen LogP contribution in [0.2, 0.25) is 0 Å². The summed E-state index contributed by atoms with van der Waals surface area (Å²) >= 11 is 0. The molecule has 0 radical (unpaired) electrons. The molecule has 0 aliphatic carbocycles. The predicted molar refractivity (Wildman–Crippen MR) is 113 cm³/mol. The molecule has 0 aliphatic rings. The lowest BCUT2D eigenvalue weighted by Gasteiger charge is -2.16. The lowest BCUT2D eigenvalue weighted by Crippen LogP contribution is -2.14. The average Bonchev–Trinajstić information content (AvgIpc) is 2.73. The lowest BCUT2D eigenvalue weighted by atomic mass is 10.1. The van der Waals surface area contributed by atoms with Gasteiger partial charge in [-0.3, -0.25) is 4.79 Å². The quantitative estimate of drug-likeness (QED) is 0.515. The second-order valence-electron chi connectivity index (χ2n) is 7.13. The predicted octanol–water partition coefficient (Wildman–Crippen LogP) is 5.04. The maximum Gasteiger partial charge on any atom is 0.229 e. The van der Waals surface area contributed by atoms with Crippen LogP contribution < -0.4 is 15.1 Å². The molecule has 7 heteroatoms. The molecule has 0 saturated heterocycles. The van der Waals surface area contributed by atoms with Crippen molar-refractivity contribution in [2.75, 3.05) is 19.0 Å². The van der Waals surface area contributed by atoms with E-state index in [0.29, 0.717) is 22.6 Å². The zero-order valence-electron chi connectivity index (χ0n) is 16.7. The molecule has 4 rings (SSSR count). The van der Waals surface area contributed by atoms with Crippen LogP contribution in [0.15, 0.2) is 59.4 Å². The number of para-hydroxylation sites is 1. The maximum atomic E-state index is 14.0. The number of H-pyrrole nitrogens is 1. The van der Waals surface area contributed by atoms with E-state index in [0.717, 1.165) is 11.5 Å². The number of hydrogen-bond acceptors (Lipinski definition) is 4. The second kappa shape index (κ2) is 7.59. The Morgan fingerprint density at radius 2 is 1.80 bits per heavy atom. The molecule has 0 spiro atoms. The van der Waals surface area contributed by atoms with Crippen molar-refractivity contribution in [2.45, 2.75) is 6.92 Å². The first-order chi connectivity index (χ1) is 14.3. The first-order valence-electron chi connectivity index (χ1n) is 9.28. The fourth-order valence-corrected chi connectivity index (χ4v) is 3.13. The Bertz CT molecular complexity index is 1320. The van der Waals surface area contributed by atoms with Crippen molar-refractivity contribution in [1.82, 2.24) is 9.97 Å². The monoisotopic (exact) mass is 407 g/mol. The third-order valence-corrected chi connectivity index (χ3v) is 4.79. The van der Waals surface area contributed by atoms with E-state index in [1.165, 1.54) is 25.1 Å². The average molecular weight is 407 g/mol. The normalized spacial score (nSPS) is 11.0. The summed E-state index contributed by atoms with van der Waals surface area (Å²) in [5.41, 5.74) is 1.54. The van der Waals surface area contributed by atoms with Gasteiger partial charge in [0.1, 0.15) is 11.6 Å². The number of fused-ring (bicyclic) bond motifs is 1. The van der Waals surface area contributed by atoms with E-state index in [9.17, 15) is 13.6 Å². The Morgan fingerprint density at radius 3 is 2.57 bits per heavy atom. The van der Waals surface area contributed by atoms with Crippen LogP contribution in [-0.2, 0) is 0 Å². The Hall–Kier alpha value is -3.74. The maximum absolute atomic E-state index is 14.0. The van der Waals surface area contributed by atoms with Gasteiger partial charge in [0.05, 0.1) is 16.8 Å². The SMILES string of the molecule is Cc1c(Oc2nc3ccccc3cc2-c2cc(=O)cc(N(C)C)[nH]2)ccc(F)c1F. The Balaban J connectivity index is 1.93. The Morgan fingerprint density at radius 1 is 1.03 bits per heavy atom. The van der Waals surface area contributed by atoms with Gasteiger partial charge < -0.3 is 14.6 Å². The van der Waals surface area contributed by atoms with Crippen molar-refractivity contribution in [1.29, 1.82) is 0 Å². The van der Waals surface area contributed by atoms with Crippen molar-refractivity contribution < 1.29 is 13.5 Å². The summed E-state index contributed by atoms with van der Waals surface area (Å²) in [7, 11) is 3.63. The molecule has 30 heavy (non-hydrogen) atoms. The number of nitrogens with zero attached hydrogens (tertiary/aromatic N) is 2. The minimum absolute atomic E-state index is 0.0337. The molecule has 2 aromatic heterocycles. The summed E-state index contributed by atoms with van der Waals surface area (Å²) in [5.74, 6) is -0.994. The summed E-state index contributed by atoms with van der Waals surface area (Å²) in [4.78, 5) is 21.8. The van der Waals surface area contributed by atoms with E-state index >= 15 is 0 Å². The topological polar surface area (TPSA) is 58.2 Å². The number of anilines is 1. The smallest absolute Gasteiger partial charge is 0.229 e. The fourth-order valence-electron chi connectivity index (χ4n) is 3.13. The molecule has 0 fully saturated rings. The molecule has 2 aromatic carbocycles. The largest absolute Gasteiger partial charge is 0.438 e. The minimum atomic E-state index is -0.974. The van der Waals surface area contributed by atoms with Crippen LogP contribution in [0.4, 0.5) is 14.6 Å². The number of hydrogen-bond donors (Lipinski definition) is 1. The zero-order valence-corrected chi connectivity index (χ0v) is 16.7. The summed E-state index contributed by atoms with van der Waals surface area (Å²) in [5, 5.41) is 0.845. The molecule has 152 valence electrons. The molecule has 0 atom stereocenters. The van der Waals surface area contributed by atoms with Gasteiger partial charge in [-0.2, -0.15) is 0 Å². The van der Waals surface area contributed by atoms with E-state index in [-0.39, 0.29) is 22.6 Å². The van der Waals surface area contributed by atoms with E-state index in [1.54, 1.807) is 4.90 Å². The molecule has 1 N–H and O–H groups in total.